The molecule has 0 aliphatic carbocycles. The summed E-state index contributed by atoms with van der Waals surface area (Å²) in [6.07, 6.45) is -9.09. The molecule has 0 amide bonds. The summed E-state index contributed by atoms with van der Waals surface area (Å²) >= 11 is 3.17. The molecule has 0 radical (unpaired) electrons. The fourth-order valence-electron chi connectivity index (χ4n) is 4.21. The van der Waals surface area contributed by atoms with E-state index in [-0.39, 0.29) is 79.8 Å². The molecule has 2 N–H and O–H groups in total. The fraction of sp³-hybridized carbons (Fsp3) is 0.316. The van der Waals surface area contributed by atoms with E-state index in [1.807, 2.05) is 0 Å². The Morgan fingerprint density at radius 1 is 0.641 bits per heavy atom. The van der Waals surface area contributed by atoms with Crippen LogP contribution in [-0.4, -0.2) is 91.3 Å². The van der Waals surface area contributed by atoms with Crippen molar-refractivity contribution in [3.8, 4) is 0 Å². The molecular formula is C38H41BrF6MgN2O14S2. The summed E-state index contributed by atoms with van der Waals surface area (Å²) in [5.74, 6) is -0.208. The van der Waals surface area contributed by atoms with Crippen LogP contribution in [0.3, 0.4) is 0 Å². The molecule has 0 aromatic heterocycles. The number of halogens is 7. The van der Waals surface area contributed by atoms with Crippen molar-refractivity contribution < 1.29 is 84.0 Å². The van der Waals surface area contributed by atoms with Crippen molar-refractivity contribution in [3.05, 3.63) is 138 Å². The number of ketones is 2. The number of rotatable bonds is 15. The molecule has 64 heavy (non-hydrogen) atoms. The summed E-state index contributed by atoms with van der Waals surface area (Å²) in [5.41, 5.74) is -3.22. The summed E-state index contributed by atoms with van der Waals surface area (Å²) < 4.78 is 132. The zero-order valence-corrected chi connectivity index (χ0v) is 38.5. The van der Waals surface area contributed by atoms with Crippen LogP contribution in [0.15, 0.2) is 111 Å². The van der Waals surface area contributed by atoms with Crippen molar-refractivity contribution in [1.29, 1.82) is 0 Å². The van der Waals surface area contributed by atoms with Crippen LogP contribution < -0.4 is 0 Å². The van der Waals surface area contributed by atoms with E-state index >= 15 is 0 Å². The van der Waals surface area contributed by atoms with Gasteiger partial charge in [0.15, 0.2) is 0 Å². The zero-order chi connectivity index (χ0) is 48.4. The van der Waals surface area contributed by atoms with Gasteiger partial charge in [0.2, 0.25) is 0 Å². The van der Waals surface area contributed by atoms with Gasteiger partial charge in [-0.25, -0.2) is 0 Å². The van der Waals surface area contributed by atoms with Gasteiger partial charge in [-0.15, -0.1) is 0 Å². The molecule has 0 fully saturated rings. The number of carbonyl (C=O) groups excluding carboxylic acids is 2. The van der Waals surface area contributed by atoms with Gasteiger partial charge in [-0.3, -0.25) is 38.2 Å². The molecule has 26 heteroatoms. The number of nitrogens with zero attached hydrogens (tertiary/aromatic N) is 2. The zero-order valence-electron chi connectivity index (χ0n) is 35.8. The van der Waals surface area contributed by atoms with E-state index in [0.29, 0.717) is 36.2 Å². The Bertz CT molecular complexity index is 2370. The first-order valence-electron chi connectivity index (χ1n) is 17.5. The molecule has 0 saturated carbocycles. The van der Waals surface area contributed by atoms with Gasteiger partial charge in [-0.2, -0.15) is 43.2 Å². The smallest absolute Gasteiger partial charge is 1.00 e. The maximum absolute atomic E-state index is 12.5. The number of nitro benzene ring substituents is 2. The fourth-order valence-corrected chi connectivity index (χ4v) is 6.29. The van der Waals surface area contributed by atoms with E-state index < -0.39 is 70.7 Å². The van der Waals surface area contributed by atoms with Crippen molar-refractivity contribution in [2.24, 2.45) is 0 Å². The van der Waals surface area contributed by atoms with Crippen molar-refractivity contribution in [2.75, 3.05) is 19.8 Å². The Morgan fingerprint density at radius 2 is 0.969 bits per heavy atom. The molecule has 16 nitrogen and oxygen atoms in total. The molecule has 0 bridgehead atoms. The topological polar surface area (TPSA) is 248 Å². The molecule has 0 aliphatic rings. The number of hydrogen-bond acceptors (Lipinski definition) is 14. The SMILES string of the molecule is CC(=O)CCO.CC(=O)CCOS(=O)(=O)c1ccc(C(F)(F)F)cc1.CC(O)(CCOS(=O)(=O)c1ccc(C(F)(F)F)cc1)c1ccc([N+](=O)[O-])cc1.O=[N+]([O-])c1ccc(Br)cc1.[H-].[H-].[Mg+2]. The van der Waals surface area contributed by atoms with Crippen LogP contribution in [0.2, 0.25) is 0 Å². The van der Waals surface area contributed by atoms with Gasteiger partial charge < -0.3 is 13.1 Å². The van der Waals surface area contributed by atoms with Crippen LogP contribution in [0.5, 0.6) is 0 Å². The first-order valence-corrected chi connectivity index (χ1v) is 21.1. The molecule has 0 saturated heterocycles. The number of carbonyl (C=O) groups is 2. The van der Waals surface area contributed by atoms with E-state index in [1.165, 1.54) is 57.2 Å². The molecule has 1 unspecified atom stereocenters. The van der Waals surface area contributed by atoms with E-state index in [1.54, 1.807) is 12.1 Å². The largest absolute Gasteiger partial charge is 2.00 e. The first-order chi connectivity index (χ1) is 28.9. The average molecular weight is 1030 g/mol. The number of Topliss-reactive ketones (excluding diaryl/α,β-unsaturated/α-hetero) is 2. The second-order valence-electron chi connectivity index (χ2n) is 12.8. The van der Waals surface area contributed by atoms with Gasteiger partial charge in [0.25, 0.3) is 31.6 Å². The van der Waals surface area contributed by atoms with Crippen molar-refractivity contribution in [2.45, 2.75) is 67.8 Å². The first kappa shape index (κ1) is 59.6. The van der Waals surface area contributed by atoms with Gasteiger partial charge in [0, 0.05) is 54.6 Å². The number of aliphatic hydroxyl groups is 2. The van der Waals surface area contributed by atoms with Crippen molar-refractivity contribution in [3.63, 3.8) is 0 Å². The second kappa shape index (κ2) is 26.5. The van der Waals surface area contributed by atoms with E-state index in [0.717, 1.165) is 28.7 Å². The molecular weight excluding hydrogens is 991 g/mol. The number of non-ortho nitro benzene ring substituents is 2. The van der Waals surface area contributed by atoms with Gasteiger partial charge in [-0.1, -0.05) is 15.9 Å². The van der Waals surface area contributed by atoms with Crippen molar-refractivity contribution in [1.82, 2.24) is 0 Å². The van der Waals surface area contributed by atoms with Gasteiger partial charge in [0.1, 0.15) is 11.6 Å². The average Bonchev–Trinajstić information content (AvgIpc) is 3.18. The summed E-state index contributed by atoms with van der Waals surface area (Å²) in [6, 6.07) is 17.0. The molecule has 4 aromatic carbocycles. The summed E-state index contributed by atoms with van der Waals surface area (Å²) in [5, 5.41) is 39.2. The quantitative estimate of drug-likeness (QED) is 0.0375. The van der Waals surface area contributed by atoms with Crippen LogP contribution in [0.4, 0.5) is 37.7 Å². The standard InChI is InChI=1S/C17H16F3NO6S.C11H11F3O4S.C6H4BrNO2.C4H8O2.Mg.2H/c1-16(22,12-2-6-14(7-3-12)21(23)24)10-11-27-28(25,26)15-8-4-13(5-9-15)17(18,19)20;1-8(15)6-7-18-19(16,17)10-4-2-9(3-5-10)11(12,13)14;7-5-1-3-6(4-2-5)8(9)10;1-4(6)2-3-5;;;/h2-9,22H,10-11H2,1H3;2-5H,6-7H2,1H3;1-4H;5H,2-3H2,1H3;;;/q;;;;+2;2*-1. The normalized spacial score (nSPS) is 12.2. The number of aliphatic hydroxyl groups excluding tert-OH is 1. The van der Waals surface area contributed by atoms with Gasteiger partial charge in [-0.05, 0) is 99.1 Å². The summed E-state index contributed by atoms with van der Waals surface area (Å²) in [4.78, 5) is 39.4. The number of benzene rings is 4. The molecule has 4 rings (SSSR count). The molecule has 350 valence electrons. The predicted octanol–water partition coefficient (Wildman–Crippen LogP) is 8.17. The predicted molar refractivity (Wildman–Crippen MR) is 223 cm³/mol. The van der Waals surface area contributed by atoms with Gasteiger partial charge in [0.05, 0.1) is 49.6 Å². The number of hydrogen-bond donors (Lipinski definition) is 2. The van der Waals surface area contributed by atoms with E-state index in [2.05, 4.69) is 20.1 Å². The van der Waals surface area contributed by atoms with Crippen LogP contribution in [-0.2, 0) is 56.1 Å². The molecule has 0 spiro atoms. The molecule has 0 aliphatic heterocycles. The van der Waals surface area contributed by atoms with Crippen LogP contribution in [0, 0.1) is 20.2 Å². The Labute approximate surface area is 390 Å². The molecule has 1 atom stereocenters. The minimum atomic E-state index is -4.59. The third-order valence-electron chi connectivity index (χ3n) is 7.66. The second-order valence-corrected chi connectivity index (χ2v) is 16.9. The maximum Gasteiger partial charge on any atom is 2.00 e. The van der Waals surface area contributed by atoms with E-state index in [4.69, 9.17) is 9.29 Å². The minimum Gasteiger partial charge on any atom is -1.00 e. The molecule has 4 aromatic rings. The van der Waals surface area contributed by atoms with Gasteiger partial charge >= 0.3 is 35.4 Å². The minimum absolute atomic E-state index is 0. The Morgan fingerprint density at radius 3 is 1.27 bits per heavy atom. The van der Waals surface area contributed by atoms with Crippen molar-refractivity contribution >= 4 is 82.2 Å². The number of alkyl halides is 6. The third kappa shape index (κ3) is 22.0. The summed E-state index contributed by atoms with van der Waals surface area (Å²) in [6.45, 7) is 3.30. The monoisotopic (exact) mass is 1030 g/mol. The van der Waals surface area contributed by atoms with E-state index in [9.17, 15) is 78.1 Å². The van der Waals surface area contributed by atoms with Crippen LogP contribution >= 0.6 is 15.9 Å². The third-order valence-corrected chi connectivity index (χ3v) is 10.8. The Kier molecular flexibility index (Phi) is 24.7. The Balaban J connectivity index is -0.000000900. The number of nitro groups is 2. The Hall–Kier alpha value is -4.41. The maximum atomic E-state index is 12.5. The van der Waals surface area contributed by atoms with Crippen LogP contribution in [0.25, 0.3) is 0 Å². The summed E-state index contributed by atoms with van der Waals surface area (Å²) in [7, 11) is -8.45. The van der Waals surface area contributed by atoms with Crippen LogP contribution in [0.1, 0.15) is 59.6 Å². The molecule has 0 heterocycles.